The summed E-state index contributed by atoms with van der Waals surface area (Å²) >= 11 is 1.59. The Balaban J connectivity index is 3.03. The van der Waals surface area contributed by atoms with E-state index < -0.39 is 12.1 Å². The molecule has 0 aromatic carbocycles. The largest absolute Gasteiger partial charge is 0.573 e. The molecule has 14 heavy (non-hydrogen) atoms. The fourth-order valence-corrected chi connectivity index (χ4v) is 1.09. The molecular formula is C7H2F3IN2O. The van der Waals surface area contributed by atoms with Gasteiger partial charge in [0.15, 0.2) is 5.75 Å². The van der Waals surface area contributed by atoms with Crippen LogP contribution in [0.1, 0.15) is 5.56 Å². The summed E-state index contributed by atoms with van der Waals surface area (Å²) < 4.78 is 39.2. The predicted octanol–water partition coefficient (Wildman–Crippen LogP) is 2.46. The van der Waals surface area contributed by atoms with E-state index in [1.54, 1.807) is 28.7 Å². The molecule has 0 amide bonds. The Morgan fingerprint density at radius 1 is 1.50 bits per heavy atom. The van der Waals surface area contributed by atoms with Gasteiger partial charge < -0.3 is 4.74 Å². The summed E-state index contributed by atoms with van der Waals surface area (Å²) in [5.74, 6) is -0.461. The Morgan fingerprint density at radius 2 is 2.14 bits per heavy atom. The van der Waals surface area contributed by atoms with Crippen molar-refractivity contribution in [3.63, 3.8) is 0 Å². The average Bonchev–Trinajstić information content (AvgIpc) is 2.06. The van der Waals surface area contributed by atoms with Crippen LogP contribution in [-0.4, -0.2) is 11.3 Å². The second-order valence-electron chi connectivity index (χ2n) is 2.17. The second kappa shape index (κ2) is 4.00. The third-order valence-electron chi connectivity index (χ3n) is 1.16. The molecule has 1 aromatic rings. The lowest BCUT2D eigenvalue weighted by atomic mass is 10.3. The summed E-state index contributed by atoms with van der Waals surface area (Å²) in [7, 11) is 0. The average molecular weight is 314 g/mol. The summed E-state index contributed by atoms with van der Waals surface area (Å²) in [4.78, 5) is 3.57. The van der Waals surface area contributed by atoms with Crippen LogP contribution in [0.15, 0.2) is 12.3 Å². The van der Waals surface area contributed by atoms with E-state index in [0.29, 0.717) is 0 Å². The lowest BCUT2D eigenvalue weighted by molar-refractivity contribution is -0.275. The number of nitriles is 1. The predicted molar refractivity (Wildman–Crippen MR) is 48.4 cm³/mol. The van der Waals surface area contributed by atoms with Crippen LogP contribution in [0.2, 0.25) is 0 Å². The van der Waals surface area contributed by atoms with Gasteiger partial charge >= 0.3 is 6.36 Å². The van der Waals surface area contributed by atoms with Crippen molar-refractivity contribution in [2.45, 2.75) is 6.36 Å². The molecule has 1 heterocycles. The van der Waals surface area contributed by atoms with E-state index in [0.717, 1.165) is 6.07 Å². The molecule has 0 radical (unpaired) electrons. The van der Waals surface area contributed by atoms with Gasteiger partial charge in [0.05, 0.1) is 5.56 Å². The first-order valence-corrected chi connectivity index (χ1v) is 4.31. The summed E-state index contributed by atoms with van der Waals surface area (Å²) in [5, 5.41) is 8.42. The molecule has 1 aromatic heterocycles. The van der Waals surface area contributed by atoms with Gasteiger partial charge in [0.1, 0.15) is 9.77 Å². The zero-order valence-corrected chi connectivity index (χ0v) is 8.63. The minimum atomic E-state index is -4.77. The zero-order valence-electron chi connectivity index (χ0n) is 6.47. The number of ether oxygens (including phenoxy) is 1. The van der Waals surface area contributed by atoms with Crippen LogP contribution in [0.4, 0.5) is 13.2 Å². The lowest BCUT2D eigenvalue weighted by Crippen LogP contribution is -2.18. The van der Waals surface area contributed by atoms with Crippen molar-refractivity contribution in [2.24, 2.45) is 0 Å². The molecule has 7 heteroatoms. The van der Waals surface area contributed by atoms with Crippen LogP contribution in [0, 0.1) is 15.0 Å². The van der Waals surface area contributed by atoms with Gasteiger partial charge in [-0.2, -0.15) is 5.26 Å². The maximum absolute atomic E-state index is 11.8. The fourth-order valence-electron chi connectivity index (χ4n) is 0.685. The van der Waals surface area contributed by atoms with Crippen molar-refractivity contribution in [3.05, 3.63) is 21.5 Å². The van der Waals surface area contributed by atoms with E-state index in [-0.39, 0.29) is 9.26 Å². The normalized spacial score (nSPS) is 10.8. The monoisotopic (exact) mass is 314 g/mol. The van der Waals surface area contributed by atoms with Gasteiger partial charge in [-0.3, -0.25) is 0 Å². The summed E-state index contributed by atoms with van der Waals surface area (Å²) in [5.41, 5.74) is 0.0182. The topological polar surface area (TPSA) is 45.9 Å². The van der Waals surface area contributed by atoms with Gasteiger partial charge in [-0.25, -0.2) is 4.98 Å². The first-order valence-electron chi connectivity index (χ1n) is 3.24. The Kier molecular flexibility index (Phi) is 3.15. The molecule has 0 spiro atoms. The number of hydrogen-bond donors (Lipinski definition) is 0. The standard InChI is InChI=1S/C7H2F3IN2O/c8-7(9,10)14-5-1-4(2-12)3-13-6(5)11/h1,3H. The molecule has 0 aliphatic rings. The summed E-state index contributed by atoms with van der Waals surface area (Å²) in [6.45, 7) is 0. The minimum Gasteiger partial charge on any atom is -0.403 e. The first-order chi connectivity index (χ1) is 6.42. The van der Waals surface area contributed by atoms with Crippen molar-refractivity contribution in [2.75, 3.05) is 0 Å². The fraction of sp³-hybridized carbons (Fsp3) is 0.143. The number of halogens is 4. The molecule has 0 unspecified atom stereocenters. The van der Waals surface area contributed by atoms with E-state index in [4.69, 9.17) is 5.26 Å². The van der Waals surface area contributed by atoms with Crippen LogP contribution in [-0.2, 0) is 0 Å². The van der Waals surface area contributed by atoms with Gasteiger partial charge in [-0.1, -0.05) is 0 Å². The van der Waals surface area contributed by atoms with Crippen LogP contribution in [0.25, 0.3) is 0 Å². The van der Waals surface area contributed by atoms with Crippen molar-refractivity contribution in [1.29, 1.82) is 5.26 Å². The van der Waals surface area contributed by atoms with Crippen LogP contribution < -0.4 is 4.74 Å². The number of rotatable bonds is 1. The molecule has 0 N–H and O–H groups in total. The number of alkyl halides is 3. The van der Waals surface area contributed by atoms with Gasteiger partial charge in [0.2, 0.25) is 0 Å². The SMILES string of the molecule is N#Cc1cnc(I)c(OC(F)(F)F)c1. The van der Waals surface area contributed by atoms with Gasteiger partial charge in [0.25, 0.3) is 0 Å². The Morgan fingerprint density at radius 3 is 2.64 bits per heavy atom. The third kappa shape index (κ3) is 3.02. The number of aromatic nitrogens is 1. The number of pyridine rings is 1. The molecule has 0 aliphatic heterocycles. The van der Waals surface area contributed by atoms with Crippen molar-refractivity contribution >= 4 is 22.6 Å². The van der Waals surface area contributed by atoms with Gasteiger partial charge in [-0.15, -0.1) is 13.2 Å². The highest BCUT2D eigenvalue weighted by molar-refractivity contribution is 14.1. The highest BCUT2D eigenvalue weighted by Gasteiger charge is 2.32. The van der Waals surface area contributed by atoms with Crippen LogP contribution >= 0.6 is 22.6 Å². The van der Waals surface area contributed by atoms with E-state index in [1.807, 2.05) is 0 Å². The number of hydrogen-bond acceptors (Lipinski definition) is 3. The summed E-state index contributed by atoms with van der Waals surface area (Å²) in [6.07, 6.45) is -3.60. The second-order valence-corrected chi connectivity index (χ2v) is 3.19. The minimum absolute atomic E-state index is 0.0182. The quantitative estimate of drug-likeness (QED) is 0.591. The Labute approximate surface area is 90.6 Å². The molecular weight excluding hydrogens is 312 g/mol. The molecule has 3 nitrogen and oxygen atoms in total. The summed E-state index contributed by atoms with van der Waals surface area (Å²) in [6, 6.07) is 2.66. The van der Waals surface area contributed by atoms with Gasteiger partial charge in [-0.05, 0) is 22.6 Å². The highest BCUT2D eigenvalue weighted by atomic mass is 127. The molecule has 74 valence electrons. The van der Waals surface area contributed by atoms with E-state index in [9.17, 15) is 13.2 Å². The van der Waals surface area contributed by atoms with Crippen molar-refractivity contribution < 1.29 is 17.9 Å². The molecule has 0 aliphatic carbocycles. The van der Waals surface area contributed by atoms with Crippen LogP contribution in [0.3, 0.4) is 0 Å². The smallest absolute Gasteiger partial charge is 0.403 e. The molecule has 0 saturated heterocycles. The molecule has 1 rings (SSSR count). The van der Waals surface area contributed by atoms with E-state index in [1.165, 1.54) is 6.20 Å². The van der Waals surface area contributed by atoms with Crippen LogP contribution in [0.5, 0.6) is 5.75 Å². The van der Waals surface area contributed by atoms with Gasteiger partial charge in [0, 0.05) is 12.3 Å². The first kappa shape index (κ1) is 11.0. The zero-order chi connectivity index (χ0) is 10.8. The third-order valence-corrected chi connectivity index (χ3v) is 1.97. The molecule has 0 atom stereocenters. The molecule has 0 saturated carbocycles. The number of nitrogens with zero attached hydrogens (tertiary/aromatic N) is 2. The highest BCUT2D eigenvalue weighted by Crippen LogP contribution is 2.26. The van der Waals surface area contributed by atoms with E-state index >= 15 is 0 Å². The Bertz CT molecular complexity index is 386. The van der Waals surface area contributed by atoms with Crippen molar-refractivity contribution in [3.8, 4) is 11.8 Å². The maximum atomic E-state index is 11.8. The van der Waals surface area contributed by atoms with Crippen molar-refractivity contribution in [1.82, 2.24) is 4.98 Å². The molecule has 0 fully saturated rings. The lowest BCUT2D eigenvalue weighted by Gasteiger charge is -2.09. The molecule has 0 bridgehead atoms. The Hall–Kier alpha value is -1.04. The maximum Gasteiger partial charge on any atom is 0.573 e. The van der Waals surface area contributed by atoms with E-state index in [2.05, 4.69) is 9.72 Å².